The summed E-state index contributed by atoms with van der Waals surface area (Å²) in [5.41, 5.74) is 1.90. The lowest BCUT2D eigenvalue weighted by atomic mass is 9.69. The number of H-pyrrole nitrogens is 1. The van der Waals surface area contributed by atoms with Crippen LogP contribution in [0, 0.1) is 35.5 Å². The molecular formula is C29H39NO4. The Morgan fingerprint density at radius 1 is 1.24 bits per heavy atom. The number of nitrogens with one attached hydrogen (secondary N) is 1. The summed E-state index contributed by atoms with van der Waals surface area (Å²) in [6, 6.07) is 3.78. The molecule has 0 unspecified atom stereocenters. The van der Waals surface area contributed by atoms with Crippen molar-refractivity contribution in [1.29, 1.82) is 0 Å². The third-order valence-corrected chi connectivity index (χ3v) is 8.36. The SMILES string of the molecule is CC/C(=C/C=C/[C@H]1C=C[C@@H]2CCC[C@@H]2[C@@H]1C(=O)c1ccc[nH]1)[C@H]1O[C@@H]([C@H](C)C(=O)O)CC[C@@H]1C. The Bertz CT molecular complexity index is 943. The van der Waals surface area contributed by atoms with Gasteiger partial charge in [0.1, 0.15) is 0 Å². The number of ether oxygens (including phenoxy) is 1. The zero-order chi connectivity index (χ0) is 24.2. The van der Waals surface area contributed by atoms with Gasteiger partial charge < -0.3 is 14.8 Å². The average Bonchev–Trinajstić information content (AvgIpc) is 3.53. The Hall–Kier alpha value is -2.40. The van der Waals surface area contributed by atoms with Gasteiger partial charge in [0.25, 0.3) is 0 Å². The van der Waals surface area contributed by atoms with E-state index in [4.69, 9.17) is 4.74 Å². The predicted molar refractivity (Wildman–Crippen MR) is 133 cm³/mol. The smallest absolute Gasteiger partial charge is 0.308 e. The van der Waals surface area contributed by atoms with Gasteiger partial charge >= 0.3 is 5.97 Å². The molecule has 0 spiro atoms. The summed E-state index contributed by atoms with van der Waals surface area (Å²) in [4.78, 5) is 28.0. The van der Waals surface area contributed by atoms with E-state index in [9.17, 15) is 14.7 Å². The lowest BCUT2D eigenvalue weighted by Crippen LogP contribution is -2.40. The minimum absolute atomic E-state index is 0.0310. The summed E-state index contributed by atoms with van der Waals surface area (Å²) < 4.78 is 6.33. The number of ketones is 1. The number of carbonyl (C=O) groups excluding carboxylic acids is 1. The highest BCUT2D eigenvalue weighted by Crippen LogP contribution is 2.46. The third kappa shape index (κ3) is 5.14. The highest BCUT2D eigenvalue weighted by atomic mass is 16.5. The molecule has 1 saturated heterocycles. The van der Waals surface area contributed by atoms with Crippen molar-refractivity contribution >= 4 is 11.8 Å². The largest absolute Gasteiger partial charge is 0.481 e. The van der Waals surface area contributed by atoms with Crippen molar-refractivity contribution in [2.24, 2.45) is 35.5 Å². The van der Waals surface area contributed by atoms with Crippen LogP contribution in [0.5, 0.6) is 0 Å². The fourth-order valence-corrected chi connectivity index (χ4v) is 6.26. The van der Waals surface area contributed by atoms with E-state index in [-0.39, 0.29) is 29.8 Å². The van der Waals surface area contributed by atoms with Gasteiger partial charge in [-0.15, -0.1) is 0 Å². The first-order valence-electron chi connectivity index (χ1n) is 13.0. The number of carboxylic acid groups (broad SMARTS) is 1. The van der Waals surface area contributed by atoms with Gasteiger partial charge in [0, 0.05) is 18.0 Å². The quantitative estimate of drug-likeness (QED) is 0.272. The van der Waals surface area contributed by atoms with Crippen molar-refractivity contribution in [3.63, 3.8) is 0 Å². The number of hydrogen-bond acceptors (Lipinski definition) is 3. The summed E-state index contributed by atoms with van der Waals surface area (Å²) in [5.74, 6) is 0.237. The van der Waals surface area contributed by atoms with Gasteiger partial charge in [0.05, 0.1) is 23.8 Å². The number of carboxylic acids is 1. The lowest BCUT2D eigenvalue weighted by molar-refractivity contribution is -0.152. The molecule has 1 saturated carbocycles. The summed E-state index contributed by atoms with van der Waals surface area (Å²) in [7, 11) is 0. The second-order valence-electron chi connectivity index (χ2n) is 10.5. The van der Waals surface area contributed by atoms with E-state index in [2.05, 4.69) is 49.2 Å². The molecular weight excluding hydrogens is 426 g/mol. The second kappa shape index (κ2) is 10.9. The number of aromatic nitrogens is 1. The molecule has 0 amide bonds. The maximum atomic E-state index is 13.4. The number of fused-ring (bicyclic) bond motifs is 1. The van der Waals surface area contributed by atoms with E-state index in [1.165, 1.54) is 18.4 Å². The highest BCUT2D eigenvalue weighted by molar-refractivity contribution is 5.97. The van der Waals surface area contributed by atoms with E-state index >= 15 is 0 Å². The number of aromatic amines is 1. The maximum Gasteiger partial charge on any atom is 0.308 e. The lowest BCUT2D eigenvalue weighted by Gasteiger charge is -2.37. The Morgan fingerprint density at radius 3 is 2.76 bits per heavy atom. The van der Waals surface area contributed by atoms with Crippen LogP contribution in [0.25, 0.3) is 0 Å². The van der Waals surface area contributed by atoms with Crippen LogP contribution in [-0.4, -0.2) is 34.1 Å². The van der Waals surface area contributed by atoms with Gasteiger partial charge in [-0.3, -0.25) is 9.59 Å². The molecule has 3 aliphatic rings. The van der Waals surface area contributed by atoms with Gasteiger partial charge in [-0.2, -0.15) is 0 Å². The molecule has 1 aromatic rings. The molecule has 1 aliphatic heterocycles. The monoisotopic (exact) mass is 465 g/mol. The molecule has 2 N–H and O–H groups in total. The van der Waals surface area contributed by atoms with Crippen LogP contribution in [0.1, 0.15) is 69.8 Å². The minimum Gasteiger partial charge on any atom is -0.481 e. The number of hydrogen-bond donors (Lipinski definition) is 2. The molecule has 0 radical (unpaired) electrons. The molecule has 2 aliphatic carbocycles. The van der Waals surface area contributed by atoms with E-state index in [0.717, 1.165) is 25.7 Å². The third-order valence-electron chi connectivity index (χ3n) is 8.36. The van der Waals surface area contributed by atoms with Crippen molar-refractivity contribution in [1.82, 2.24) is 4.98 Å². The summed E-state index contributed by atoms with van der Waals surface area (Å²) in [5, 5.41) is 9.43. The Labute approximate surface area is 203 Å². The standard InChI is InChI=1S/C29H39NO4/c1-4-20(28-18(2)13-16-25(34-28)19(3)29(32)33)8-5-10-22-15-14-21-9-6-11-23(21)26(22)27(31)24-12-7-17-30-24/h5,7-8,10,12,14-15,17-19,21-23,25-26,28,30H,4,6,9,11,13,16H2,1-3H3,(H,32,33)/b10-5+,20-8-/t18-,19-,21-,22-,23-,25+,26+,28-/m0/s1. The maximum absolute atomic E-state index is 13.4. The number of rotatable bonds is 8. The van der Waals surface area contributed by atoms with Gasteiger partial charge in [-0.1, -0.05) is 50.6 Å². The Morgan fingerprint density at radius 2 is 2.06 bits per heavy atom. The van der Waals surface area contributed by atoms with Gasteiger partial charge in [0.2, 0.25) is 0 Å². The van der Waals surface area contributed by atoms with Crippen LogP contribution in [0.4, 0.5) is 0 Å². The van der Waals surface area contributed by atoms with Crippen LogP contribution < -0.4 is 0 Å². The second-order valence-corrected chi connectivity index (χ2v) is 10.5. The molecule has 0 aromatic carbocycles. The average molecular weight is 466 g/mol. The zero-order valence-corrected chi connectivity index (χ0v) is 20.7. The van der Waals surface area contributed by atoms with Gasteiger partial charge in [-0.25, -0.2) is 0 Å². The highest BCUT2D eigenvalue weighted by Gasteiger charge is 2.42. The summed E-state index contributed by atoms with van der Waals surface area (Å²) in [6.07, 6.45) is 18.6. The Balaban J connectivity index is 1.53. The molecule has 2 fully saturated rings. The summed E-state index contributed by atoms with van der Waals surface area (Å²) >= 11 is 0. The molecule has 4 rings (SSSR count). The van der Waals surface area contributed by atoms with Crippen LogP contribution >= 0.6 is 0 Å². The number of allylic oxidation sites excluding steroid dienone is 5. The fourth-order valence-electron chi connectivity index (χ4n) is 6.26. The van der Waals surface area contributed by atoms with Gasteiger partial charge in [0.15, 0.2) is 5.78 Å². The first-order chi connectivity index (χ1) is 16.4. The van der Waals surface area contributed by atoms with Crippen molar-refractivity contribution in [3.05, 3.63) is 60.0 Å². The topological polar surface area (TPSA) is 79.4 Å². The molecule has 1 aromatic heterocycles. The molecule has 184 valence electrons. The first kappa shape index (κ1) is 24.7. The first-order valence-corrected chi connectivity index (χ1v) is 13.0. The van der Waals surface area contributed by atoms with E-state index in [1.807, 2.05) is 18.3 Å². The van der Waals surface area contributed by atoms with Crippen LogP contribution in [-0.2, 0) is 9.53 Å². The van der Waals surface area contributed by atoms with Crippen molar-refractivity contribution in [3.8, 4) is 0 Å². The van der Waals surface area contributed by atoms with Crippen LogP contribution in [0.2, 0.25) is 0 Å². The predicted octanol–water partition coefficient (Wildman–Crippen LogP) is 6.21. The fraction of sp³-hybridized carbons (Fsp3) is 0.586. The number of carbonyl (C=O) groups is 2. The van der Waals surface area contributed by atoms with E-state index < -0.39 is 11.9 Å². The molecule has 2 heterocycles. The molecule has 34 heavy (non-hydrogen) atoms. The minimum atomic E-state index is -0.799. The zero-order valence-electron chi connectivity index (χ0n) is 20.7. The number of Topliss-reactive ketones (excluding diaryl/α,β-unsaturated/α-hetero) is 1. The number of aliphatic carboxylic acids is 1. The molecule has 0 bridgehead atoms. The van der Waals surface area contributed by atoms with Crippen LogP contribution in [0.15, 0.2) is 54.3 Å². The van der Waals surface area contributed by atoms with Crippen molar-refractivity contribution in [2.75, 3.05) is 0 Å². The van der Waals surface area contributed by atoms with Gasteiger partial charge in [-0.05, 0) is 74.5 Å². The molecule has 8 atom stereocenters. The van der Waals surface area contributed by atoms with Crippen LogP contribution in [0.3, 0.4) is 0 Å². The van der Waals surface area contributed by atoms with E-state index in [1.54, 1.807) is 6.92 Å². The Kier molecular flexibility index (Phi) is 7.92. The molecule has 5 heteroatoms. The van der Waals surface area contributed by atoms with Crippen molar-refractivity contribution in [2.45, 2.75) is 71.5 Å². The van der Waals surface area contributed by atoms with E-state index in [0.29, 0.717) is 23.4 Å². The normalized spacial score (nSPS) is 34.8. The van der Waals surface area contributed by atoms with Crippen molar-refractivity contribution < 1.29 is 19.4 Å². The molecule has 5 nitrogen and oxygen atoms in total. The summed E-state index contributed by atoms with van der Waals surface area (Å²) in [6.45, 7) is 6.05.